The van der Waals surface area contributed by atoms with E-state index in [1.807, 2.05) is 6.07 Å². The molecule has 0 radical (unpaired) electrons. The maximum absolute atomic E-state index is 13.2. The summed E-state index contributed by atoms with van der Waals surface area (Å²) in [6, 6.07) is 13.1. The van der Waals surface area contributed by atoms with E-state index in [9.17, 15) is 9.18 Å². The zero-order valence-electron chi connectivity index (χ0n) is 14.1. The fourth-order valence-electron chi connectivity index (χ4n) is 1.92. The maximum Gasteiger partial charge on any atom is 0.263 e. The van der Waals surface area contributed by atoms with Crippen molar-refractivity contribution < 1.29 is 23.5 Å². The summed E-state index contributed by atoms with van der Waals surface area (Å²) >= 11 is 3.06. The molecule has 1 aromatic heterocycles. The number of para-hydroxylation sites is 1. The third-order valence-corrected chi connectivity index (χ3v) is 3.80. The number of nitrogens with zero attached hydrogens (tertiary/aromatic N) is 3. The minimum Gasteiger partial charge on any atom is -0.484 e. The first-order chi connectivity index (χ1) is 13.6. The van der Waals surface area contributed by atoms with Gasteiger partial charge in [-0.15, -0.1) is 0 Å². The van der Waals surface area contributed by atoms with E-state index >= 15 is 0 Å². The van der Waals surface area contributed by atoms with Crippen LogP contribution in [-0.2, 0) is 9.73 Å². The number of aromatic nitrogens is 2. The number of ether oxygens (including phenoxy) is 1. The highest BCUT2D eigenvalue weighted by molar-refractivity contribution is 9.10. The molecule has 0 spiro atoms. The first kappa shape index (κ1) is 19.3. The Labute approximate surface area is 166 Å². The third kappa shape index (κ3) is 5.51. The van der Waals surface area contributed by atoms with Crippen molar-refractivity contribution in [3.8, 4) is 5.75 Å². The molecule has 0 aliphatic rings. The number of hydrogen-bond donors (Lipinski definition) is 2. The number of carbonyl (C=O) groups excluding carboxylic acids is 1. The zero-order valence-corrected chi connectivity index (χ0v) is 15.7. The molecule has 0 atom stereocenters. The summed E-state index contributed by atoms with van der Waals surface area (Å²) in [5.41, 5.74) is 3.10. The van der Waals surface area contributed by atoms with Crippen molar-refractivity contribution in [1.29, 1.82) is 0 Å². The maximum atomic E-state index is 13.2. The van der Waals surface area contributed by atoms with Gasteiger partial charge in [0, 0.05) is 0 Å². The van der Waals surface area contributed by atoms with Gasteiger partial charge in [-0.3, -0.25) is 9.73 Å². The number of hydrogen-bond acceptors (Lipinski definition) is 8. The molecule has 11 heteroatoms. The first-order valence-electron chi connectivity index (χ1n) is 7.82. The number of anilines is 2. The van der Waals surface area contributed by atoms with Gasteiger partial charge in [-0.1, -0.05) is 23.4 Å². The van der Waals surface area contributed by atoms with E-state index in [4.69, 9.17) is 9.68 Å². The first-order valence-corrected chi connectivity index (χ1v) is 8.62. The number of benzene rings is 2. The van der Waals surface area contributed by atoms with Gasteiger partial charge in [0.1, 0.15) is 17.8 Å². The van der Waals surface area contributed by atoms with Crippen molar-refractivity contribution in [1.82, 2.24) is 10.3 Å². The highest BCUT2D eigenvalue weighted by Gasteiger charge is 2.12. The molecule has 0 unspecified atom stereocenters. The van der Waals surface area contributed by atoms with Crippen molar-refractivity contribution >= 4 is 39.6 Å². The Morgan fingerprint density at radius 3 is 2.86 bits per heavy atom. The smallest absolute Gasteiger partial charge is 0.263 e. The Kier molecular flexibility index (Phi) is 6.52. The quantitative estimate of drug-likeness (QED) is 0.400. The van der Waals surface area contributed by atoms with Crippen LogP contribution >= 0.6 is 15.9 Å². The second-order valence-corrected chi connectivity index (χ2v) is 6.06. The monoisotopic (exact) mass is 449 g/mol. The van der Waals surface area contributed by atoms with Crippen LogP contribution in [0.4, 0.5) is 15.9 Å². The zero-order chi connectivity index (χ0) is 19.8. The Morgan fingerprint density at radius 2 is 2.07 bits per heavy atom. The van der Waals surface area contributed by atoms with Gasteiger partial charge in [0.15, 0.2) is 12.3 Å². The van der Waals surface area contributed by atoms with E-state index in [1.54, 1.807) is 24.3 Å². The molecule has 0 bridgehead atoms. The Morgan fingerprint density at radius 1 is 1.25 bits per heavy atom. The number of oxime groups is 1. The van der Waals surface area contributed by atoms with Crippen LogP contribution in [0.15, 0.2) is 62.8 Å². The van der Waals surface area contributed by atoms with E-state index in [-0.39, 0.29) is 22.6 Å². The fourth-order valence-corrected chi connectivity index (χ4v) is 2.29. The lowest BCUT2D eigenvalue weighted by Crippen LogP contribution is -2.21. The predicted molar refractivity (Wildman–Crippen MR) is 101 cm³/mol. The number of rotatable bonds is 8. The molecular formula is C17H13BrFN5O4. The summed E-state index contributed by atoms with van der Waals surface area (Å²) in [5.74, 6) is -0.244. The van der Waals surface area contributed by atoms with E-state index in [2.05, 4.69) is 46.8 Å². The van der Waals surface area contributed by atoms with Gasteiger partial charge < -0.3 is 10.1 Å². The van der Waals surface area contributed by atoms with Gasteiger partial charge in [-0.05, 0) is 56.6 Å². The Hall–Kier alpha value is -3.47. The van der Waals surface area contributed by atoms with Crippen LogP contribution in [0.3, 0.4) is 0 Å². The van der Waals surface area contributed by atoms with Crippen molar-refractivity contribution in [2.24, 2.45) is 5.16 Å². The van der Waals surface area contributed by atoms with Crippen LogP contribution in [0.5, 0.6) is 5.75 Å². The molecule has 0 saturated carbocycles. The summed E-state index contributed by atoms with van der Waals surface area (Å²) in [4.78, 5) is 16.8. The molecule has 0 aliphatic heterocycles. The fraction of sp³-hybridized carbons (Fsp3) is 0.0588. The van der Waals surface area contributed by atoms with Gasteiger partial charge in [0.05, 0.1) is 10.2 Å². The highest BCUT2D eigenvalue weighted by Crippen LogP contribution is 2.20. The Balaban J connectivity index is 1.49. The van der Waals surface area contributed by atoms with Crippen molar-refractivity contribution in [3.05, 3.63) is 64.5 Å². The highest BCUT2D eigenvalue weighted by atomic mass is 79.9. The van der Waals surface area contributed by atoms with Crippen LogP contribution in [0, 0.1) is 5.82 Å². The van der Waals surface area contributed by atoms with Gasteiger partial charge in [0.2, 0.25) is 5.82 Å². The van der Waals surface area contributed by atoms with Gasteiger partial charge in [-0.2, -0.15) is 5.48 Å². The van der Waals surface area contributed by atoms with Crippen LogP contribution in [-0.4, -0.2) is 29.0 Å². The van der Waals surface area contributed by atoms with Gasteiger partial charge in [-0.25, -0.2) is 9.02 Å². The second kappa shape index (κ2) is 9.46. The molecule has 1 heterocycles. The molecule has 0 saturated heterocycles. The van der Waals surface area contributed by atoms with Gasteiger partial charge >= 0.3 is 0 Å². The van der Waals surface area contributed by atoms with Gasteiger partial charge in [0.25, 0.3) is 5.91 Å². The lowest BCUT2D eigenvalue weighted by Gasteiger charge is -2.05. The predicted octanol–water partition coefficient (Wildman–Crippen LogP) is 3.37. The number of carbonyl (C=O) groups is 1. The standard InChI is InChI=1S/C17H13BrFN5O4/c18-13-8-11(6-7-14(13)19)22-27-20-9-15-17(24-28-23-15)21-16(25)10-26-12-4-2-1-3-5-12/h1-9,22H,10H2,(H,21,24,25)/b20-9+. The molecule has 3 aromatic rings. The van der Waals surface area contributed by atoms with Crippen LogP contribution in [0.2, 0.25) is 0 Å². The van der Waals surface area contributed by atoms with Crippen LogP contribution in [0.1, 0.15) is 5.69 Å². The number of halogens is 2. The summed E-state index contributed by atoms with van der Waals surface area (Å²) < 4.78 is 23.3. The molecule has 2 N–H and O–H groups in total. The number of amides is 1. The van der Waals surface area contributed by atoms with Crippen molar-refractivity contribution in [2.75, 3.05) is 17.4 Å². The van der Waals surface area contributed by atoms with E-state index < -0.39 is 11.7 Å². The molecule has 0 aliphatic carbocycles. The average Bonchev–Trinajstić information content (AvgIpc) is 3.14. The molecule has 0 fully saturated rings. The van der Waals surface area contributed by atoms with Crippen molar-refractivity contribution in [2.45, 2.75) is 0 Å². The lowest BCUT2D eigenvalue weighted by molar-refractivity contribution is -0.118. The molecule has 28 heavy (non-hydrogen) atoms. The normalized spacial score (nSPS) is 10.6. The topological polar surface area (TPSA) is 111 Å². The summed E-state index contributed by atoms with van der Waals surface area (Å²) in [6.45, 7) is -0.217. The summed E-state index contributed by atoms with van der Waals surface area (Å²) in [6.07, 6.45) is 1.18. The minimum absolute atomic E-state index is 0.0542. The second-order valence-electron chi connectivity index (χ2n) is 5.20. The molecule has 2 aromatic carbocycles. The Bertz CT molecular complexity index is 967. The molecule has 9 nitrogen and oxygen atoms in total. The average molecular weight is 450 g/mol. The van der Waals surface area contributed by atoms with E-state index in [0.717, 1.165) is 0 Å². The number of nitrogens with one attached hydrogen (secondary N) is 2. The molecule has 1 amide bonds. The lowest BCUT2D eigenvalue weighted by atomic mass is 10.3. The van der Waals surface area contributed by atoms with E-state index in [1.165, 1.54) is 24.4 Å². The molecular weight excluding hydrogens is 437 g/mol. The van der Waals surface area contributed by atoms with Crippen LogP contribution < -0.4 is 15.5 Å². The molecule has 144 valence electrons. The molecule has 3 rings (SSSR count). The summed E-state index contributed by atoms with van der Waals surface area (Å²) in [5, 5.41) is 13.3. The summed E-state index contributed by atoms with van der Waals surface area (Å²) in [7, 11) is 0. The van der Waals surface area contributed by atoms with Crippen LogP contribution in [0.25, 0.3) is 0 Å². The minimum atomic E-state index is -0.454. The SMILES string of the molecule is O=C(COc1ccccc1)Nc1nonc1/C=N/ONc1ccc(F)c(Br)c1. The van der Waals surface area contributed by atoms with E-state index in [0.29, 0.717) is 11.4 Å². The third-order valence-electron chi connectivity index (χ3n) is 3.20. The van der Waals surface area contributed by atoms with Crippen molar-refractivity contribution in [3.63, 3.8) is 0 Å². The largest absolute Gasteiger partial charge is 0.484 e.